The van der Waals surface area contributed by atoms with E-state index in [1.54, 1.807) is 0 Å². The SMILES string of the molecule is CC(NS(=O)(=O)C1CCCN(C(=O)C2CCCC2)C1)C1CCCNC1.Cl. The molecule has 0 bridgehead atoms. The Morgan fingerprint density at radius 3 is 2.50 bits per heavy atom. The van der Waals surface area contributed by atoms with Crippen molar-refractivity contribution in [1.29, 1.82) is 0 Å². The van der Waals surface area contributed by atoms with E-state index in [1.165, 1.54) is 0 Å². The number of halogens is 1. The van der Waals surface area contributed by atoms with E-state index in [4.69, 9.17) is 0 Å². The summed E-state index contributed by atoms with van der Waals surface area (Å²) < 4.78 is 28.6. The summed E-state index contributed by atoms with van der Waals surface area (Å²) in [5.41, 5.74) is 0. The van der Waals surface area contributed by atoms with Gasteiger partial charge in [-0.1, -0.05) is 12.8 Å². The Kier molecular flexibility index (Phi) is 8.19. The molecule has 2 saturated heterocycles. The monoisotopic (exact) mass is 407 g/mol. The fraction of sp³-hybridized carbons (Fsp3) is 0.944. The van der Waals surface area contributed by atoms with Gasteiger partial charge in [0.15, 0.2) is 0 Å². The van der Waals surface area contributed by atoms with E-state index in [0.29, 0.717) is 25.4 Å². The maximum absolute atomic E-state index is 12.9. The topological polar surface area (TPSA) is 78.5 Å². The van der Waals surface area contributed by atoms with Crippen LogP contribution in [0.3, 0.4) is 0 Å². The van der Waals surface area contributed by atoms with E-state index in [-0.39, 0.29) is 30.3 Å². The molecule has 2 aliphatic heterocycles. The quantitative estimate of drug-likeness (QED) is 0.729. The number of likely N-dealkylation sites (tertiary alicyclic amines) is 1. The van der Waals surface area contributed by atoms with Crippen LogP contribution in [0, 0.1) is 11.8 Å². The normalized spacial score (nSPS) is 29.2. The van der Waals surface area contributed by atoms with Crippen molar-refractivity contribution in [3.63, 3.8) is 0 Å². The molecule has 1 saturated carbocycles. The van der Waals surface area contributed by atoms with E-state index in [1.807, 2.05) is 11.8 Å². The predicted octanol–water partition coefficient (Wildman–Crippen LogP) is 1.90. The molecule has 6 nitrogen and oxygen atoms in total. The van der Waals surface area contributed by atoms with Crippen LogP contribution in [0.1, 0.15) is 58.3 Å². The van der Waals surface area contributed by atoms with Gasteiger partial charge in [-0.05, 0) is 64.5 Å². The number of nitrogens with one attached hydrogen (secondary N) is 2. The summed E-state index contributed by atoms with van der Waals surface area (Å²) in [5, 5.41) is 2.88. The molecule has 0 aromatic carbocycles. The van der Waals surface area contributed by atoms with Gasteiger partial charge in [0, 0.05) is 25.0 Å². The number of sulfonamides is 1. The van der Waals surface area contributed by atoms with Gasteiger partial charge in [0.1, 0.15) is 0 Å². The molecule has 2 heterocycles. The van der Waals surface area contributed by atoms with Gasteiger partial charge >= 0.3 is 0 Å². The largest absolute Gasteiger partial charge is 0.341 e. The molecule has 0 aromatic rings. The van der Waals surface area contributed by atoms with Crippen LogP contribution in [0.15, 0.2) is 0 Å². The van der Waals surface area contributed by atoms with Crippen molar-refractivity contribution in [2.24, 2.45) is 11.8 Å². The highest BCUT2D eigenvalue weighted by molar-refractivity contribution is 7.90. The highest BCUT2D eigenvalue weighted by Gasteiger charge is 2.36. The minimum Gasteiger partial charge on any atom is -0.341 e. The van der Waals surface area contributed by atoms with Crippen LogP contribution >= 0.6 is 12.4 Å². The van der Waals surface area contributed by atoms with Crippen molar-refractivity contribution in [2.45, 2.75) is 69.6 Å². The zero-order valence-corrected chi connectivity index (χ0v) is 17.4. The molecule has 3 aliphatic rings. The highest BCUT2D eigenvalue weighted by Crippen LogP contribution is 2.28. The van der Waals surface area contributed by atoms with E-state index < -0.39 is 15.3 Å². The molecule has 1 amide bonds. The smallest absolute Gasteiger partial charge is 0.225 e. The lowest BCUT2D eigenvalue weighted by Gasteiger charge is -2.35. The molecule has 0 aromatic heterocycles. The van der Waals surface area contributed by atoms with Gasteiger partial charge in [0.2, 0.25) is 15.9 Å². The molecular weight excluding hydrogens is 374 g/mol. The molecule has 3 rings (SSSR count). The van der Waals surface area contributed by atoms with Gasteiger partial charge in [-0.3, -0.25) is 4.79 Å². The molecule has 8 heteroatoms. The first-order valence-corrected chi connectivity index (χ1v) is 11.5. The molecule has 0 radical (unpaired) electrons. The zero-order chi connectivity index (χ0) is 17.9. The van der Waals surface area contributed by atoms with Crippen molar-refractivity contribution in [1.82, 2.24) is 14.9 Å². The van der Waals surface area contributed by atoms with Crippen LogP contribution in [0.5, 0.6) is 0 Å². The van der Waals surface area contributed by atoms with Crippen LogP contribution < -0.4 is 10.0 Å². The number of amides is 1. The summed E-state index contributed by atoms with van der Waals surface area (Å²) >= 11 is 0. The third-order valence-electron chi connectivity index (χ3n) is 6.23. The molecule has 0 spiro atoms. The minimum absolute atomic E-state index is 0. The second-order valence-electron chi connectivity index (χ2n) is 8.09. The van der Waals surface area contributed by atoms with Crippen molar-refractivity contribution in [2.75, 3.05) is 26.2 Å². The number of hydrogen-bond acceptors (Lipinski definition) is 4. The maximum Gasteiger partial charge on any atom is 0.225 e. The third kappa shape index (κ3) is 5.33. The summed E-state index contributed by atoms with van der Waals surface area (Å²) in [6.07, 6.45) is 7.79. The van der Waals surface area contributed by atoms with E-state index in [9.17, 15) is 13.2 Å². The Labute approximate surface area is 164 Å². The first kappa shape index (κ1) is 21.9. The van der Waals surface area contributed by atoms with Crippen LogP contribution in [0.25, 0.3) is 0 Å². The van der Waals surface area contributed by atoms with Crippen LogP contribution in [-0.2, 0) is 14.8 Å². The van der Waals surface area contributed by atoms with E-state index >= 15 is 0 Å². The Balaban J connectivity index is 0.00000243. The lowest BCUT2D eigenvalue weighted by atomic mass is 9.94. The van der Waals surface area contributed by atoms with Crippen molar-refractivity contribution in [3.05, 3.63) is 0 Å². The number of nitrogens with zero attached hydrogens (tertiary/aromatic N) is 1. The van der Waals surface area contributed by atoms with Gasteiger partial charge in [0.05, 0.1) is 5.25 Å². The Morgan fingerprint density at radius 2 is 1.85 bits per heavy atom. The summed E-state index contributed by atoms with van der Waals surface area (Å²) in [6.45, 7) is 4.95. The molecule has 3 fully saturated rings. The van der Waals surface area contributed by atoms with Crippen LogP contribution in [0.4, 0.5) is 0 Å². The van der Waals surface area contributed by atoms with Gasteiger partial charge in [0.25, 0.3) is 0 Å². The lowest BCUT2D eigenvalue weighted by molar-refractivity contribution is -0.136. The fourth-order valence-corrected chi connectivity index (χ4v) is 6.34. The van der Waals surface area contributed by atoms with Gasteiger partial charge in [-0.25, -0.2) is 13.1 Å². The Hall–Kier alpha value is -0.370. The summed E-state index contributed by atoms with van der Waals surface area (Å²) in [7, 11) is -3.39. The van der Waals surface area contributed by atoms with Gasteiger partial charge in [-0.2, -0.15) is 0 Å². The lowest BCUT2D eigenvalue weighted by Crippen LogP contribution is -2.52. The van der Waals surface area contributed by atoms with Crippen LogP contribution in [0.2, 0.25) is 0 Å². The molecular formula is C18H34ClN3O3S. The second kappa shape index (κ2) is 9.71. The average Bonchev–Trinajstić information content (AvgIpc) is 3.16. The highest BCUT2D eigenvalue weighted by atomic mass is 35.5. The first-order valence-electron chi connectivity index (χ1n) is 9.98. The molecule has 26 heavy (non-hydrogen) atoms. The summed E-state index contributed by atoms with van der Waals surface area (Å²) in [6, 6.07) is -0.0567. The molecule has 3 unspecified atom stereocenters. The number of carbonyl (C=O) groups is 1. The summed E-state index contributed by atoms with van der Waals surface area (Å²) in [4.78, 5) is 14.5. The Morgan fingerprint density at radius 1 is 1.12 bits per heavy atom. The molecule has 1 aliphatic carbocycles. The van der Waals surface area contributed by atoms with E-state index in [2.05, 4.69) is 10.0 Å². The van der Waals surface area contributed by atoms with Crippen molar-refractivity contribution < 1.29 is 13.2 Å². The van der Waals surface area contributed by atoms with Crippen molar-refractivity contribution >= 4 is 28.3 Å². The van der Waals surface area contributed by atoms with Crippen molar-refractivity contribution in [3.8, 4) is 0 Å². The molecule has 3 atom stereocenters. The summed E-state index contributed by atoms with van der Waals surface area (Å²) in [5.74, 6) is 0.659. The number of piperidine rings is 2. The maximum atomic E-state index is 12.9. The van der Waals surface area contributed by atoms with Gasteiger partial charge in [-0.15, -0.1) is 12.4 Å². The second-order valence-corrected chi connectivity index (χ2v) is 10.1. The van der Waals surface area contributed by atoms with E-state index in [0.717, 1.165) is 58.0 Å². The zero-order valence-electron chi connectivity index (χ0n) is 15.8. The standard InChI is InChI=1S/C18H33N3O3S.ClH/c1-14(16-8-4-10-19-12-16)20-25(23,24)17-9-5-11-21(13-17)18(22)15-6-2-3-7-15;/h14-17,19-20H,2-13H2,1H3;1H. The first-order chi connectivity index (χ1) is 12.0. The molecule has 2 N–H and O–H groups in total. The Bertz CT molecular complexity index is 560. The average molecular weight is 408 g/mol. The van der Waals surface area contributed by atoms with Gasteiger partial charge < -0.3 is 10.2 Å². The number of carbonyl (C=O) groups excluding carboxylic acids is 1. The van der Waals surface area contributed by atoms with Crippen LogP contribution in [-0.4, -0.2) is 56.7 Å². The number of hydrogen-bond donors (Lipinski definition) is 2. The molecule has 152 valence electrons. The third-order valence-corrected chi connectivity index (χ3v) is 8.19. The number of rotatable bonds is 5. The minimum atomic E-state index is -3.39. The predicted molar refractivity (Wildman–Crippen MR) is 106 cm³/mol. The fourth-order valence-electron chi connectivity index (χ4n) is 4.58.